The Morgan fingerprint density at radius 1 is 1.19 bits per heavy atom. The van der Waals surface area contributed by atoms with Gasteiger partial charge in [-0.05, 0) is 31.0 Å². The van der Waals surface area contributed by atoms with Gasteiger partial charge in [0.2, 0.25) is 5.89 Å². The van der Waals surface area contributed by atoms with Crippen molar-refractivity contribution in [1.82, 2.24) is 4.98 Å². The van der Waals surface area contributed by atoms with E-state index >= 15 is 0 Å². The molecule has 1 atom stereocenters. The molecule has 0 spiro atoms. The molecule has 0 amide bonds. The normalized spacial score (nSPS) is 18.5. The number of esters is 1. The topological polar surface area (TPSA) is 64.7 Å². The minimum absolute atomic E-state index is 0.174. The van der Waals surface area contributed by atoms with Gasteiger partial charge in [-0.1, -0.05) is 54.2 Å². The molecule has 0 saturated carbocycles. The fourth-order valence-corrected chi connectivity index (χ4v) is 4.06. The van der Waals surface area contributed by atoms with Gasteiger partial charge in [-0.3, -0.25) is 4.99 Å². The first-order chi connectivity index (χ1) is 13.3. The summed E-state index contributed by atoms with van der Waals surface area (Å²) in [5.74, 6) is -0.236. The van der Waals surface area contributed by atoms with Crippen molar-refractivity contribution in [3.63, 3.8) is 0 Å². The van der Waals surface area contributed by atoms with Crippen molar-refractivity contribution < 1.29 is 13.9 Å². The number of rotatable bonds is 4. The molecule has 0 bridgehead atoms. The number of fused-ring (bicyclic) bond motifs is 1. The Morgan fingerprint density at radius 3 is 2.74 bits per heavy atom. The highest BCUT2D eigenvalue weighted by molar-refractivity contribution is 8.03. The van der Waals surface area contributed by atoms with Crippen molar-refractivity contribution in [2.45, 2.75) is 18.6 Å². The van der Waals surface area contributed by atoms with Gasteiger partial charge in [-0.2, -0.15) is 0 Å². The number of carbonyl (C=O) groups is 1. The maximum Gasteiger partial charge on any atom is 0.346 e. The van der Waals surface area contributed by atoms with E-state index in [0.717, 1.165) is 6.42 Å². The molecule has 1 aliphatic rings. The highest BCUT2D eigenvalue weighted by Gasteiger charge is 2.28. The number of aliphatic imine (C=N–C) groups is 1. The lowest BCUT2D eigenvalue weighted by Crippen LogP contribution is -2.11. The molecule has 0 unspecified atom stereocenters. The smallest absolute Gasteiger partial charge is 0.346 e. The Kier molecular flexibility index (Phi) is 5.07. The van der Waals surface area contributed by atoms with Crippen molar-refractivity contribution in [2.24, 2.45) is 4.99 Å². The number of hydrogen-bond acceptors (Lipinski definition) is 6. The van der Waals surface area contributed by atoms with Gasteiger partial charge in [-0.25, -0.2) is 9.78 Å². The lowest BCUT2D eigenvalue weighted by molar-refractivity contribution is -0.136. The van der Waals surface area contributed by atoms with Gasteiger partial charge in [0, 0.05) is 11.5 Å². The molecule has 1 aromatic heterocycles. The maximum absolute atomic E-state index is 12.7. The molecule has 3 aromatic rings. The number of ether oxygens (including phenoxy) is 1. The van der Waals surface area contributed by atoms with E-state index in [4.69, 9.17) is 9.15 Å². The van der Waals surface area contributed by atoms with E-state index < -0.39 is 5.97 Å². The molecule has 0 fully saturated rings. The zero-order chi connectivity index (χ0) is 18.6. The summed E-state index contributed by atoms with van der Waals surface area (Å²) in [6, 6.07) is 17.6. The van der Waals surface area contributed by atoms with E-state index in [0.29, 0.717) is 16.1 Å². The summed E-state index contributed by atoms with van der Waals surface area (Å²) in [6.07, 6.45) is 2.63. The first-order valence-corrected chi connectivity index (χ1v) is 9.65. The summed E-state index contributed by atoms with van der Waals surface area (Å²) < 4.78 is 11.1. The largest absolute Gasteiger partial charge is 0.462 e. The van der Waals surface area contributed by atoms with Gasteiger partial charge in [0.25, 0.3) is 0 Å². The van der Waals surface area contributed by atoms with E-state index in [-0.39, 0.29) is 23.3 Å². The molecule has 0 aliphatic carbocycles. The van der Waals surface area contributed by atoms with Crippen molar-refractivity contribution in [1.29, 1.82) is 0 Å². The fourth-order valence-electron chi connectivity index (χ4n) is 2.89. The second kappa shape index (κ2) is 7.80. The molecular weight excluding hydrogens is 360 g/mol. The number of benzene rings is 2. The molecule has 2 heterocycles. The van der Waals surface area contributed by atoms with Crippen LogP contribution in [-0.4, -0.2) is 23.8 Å². The average Bonchev–Trinajstić information content (AvgIpc) is 3.13. The zero-order valence-electron chi connectivity index (χ0n) is 14.8. The zero-order valence-corrected chi connectivity index (χ0v) is 15.6. The number of carbonyl (C=O) groups excluding carboxylic acids is 1. The second-order valence-corrected chi connectivity index (χ2v) is 7.14. The number of thioether (sulfide) groups is 1. The lowest BCUT2D eigenvalue weighted by Gasteiger charge is -2.20. The SMILES string of the molecule is CCOC(=O)/C(=C1\N=CC[C@@H](c2ccccc2)S1)c1nc2ccccc2o1. The van der Waals surface area contributed by atoms with Crippen molar-refractivity contribution in [2.75, 3.05) is 6.61 Å². The first-order valence-electron chi connectivity index (χ1n) is 8.77. The van der Waals surface area contributed by atoms with Crippen LogP contribution in [0.3, 0.4) is 0 Å². The quantitative estimate of drug-likeness (QED) is 0.472. The van der Waals surface area contributed by atoms with Crippen LogP contribution >= 0.6 is 11.8 Å². The van der Waals surface area contributed by atoms with E-state index in [9.17, 15) is 4.79 Å². The van der Waals surface area contributed by atoms with E-state index in [1.54, 1.807) is 6.92 Å². The average molecular weight is 378 g/mol. The predicted molar refractivity (Wildman–Crippen MR) is 107 cm³/mol. The molecule has 5 nitrogen and oxygen atoms in total. The summed E-state index contributed by atoms with van der Waals surface area (Å²) >= 11 is 1.53. The van der Waals surface area contributed by atoms with Crippen molar-refractivity contribution in [3.05, 3.63) is 71.1 Å². The van der Waals surface area contributed by atoms with E-state index in [2.05, 4.69) is 22.1 Å². The van der Waals surface area contributed by atoms with Gasteiger partial charge in [0.1, 0.15) is 10.5 Å². The highest BCUT2D eigenvalue weighted by Crippen LogP contribution is 2.43. The summed E-state index contributed by atoms with van der Waals surface area (Å²) in [5.41, 5.74) is 2.78. The minimum atomic E-state index is -0.475. The van der Waals surface area contributed by atoms with Crippen LogP contribution in [0.5, 0.6) is 0 Å². The van der Waals surface area contributed by atoms with Gasteiger partial charge in [0.05, 0.1) is 6.61 Å². The number of nitrogens with zero attached hydrogens (tertiary/aromatic N) is 2. The Hall–Kier alpha value is -2.86. The monoisotopic (exact) mass is 378 g/mol. The van der Waals surface area contributed by atoms with Gasteiger partial charge in [-0.15, -0.1) is 0 Å². The van der Waals surface area contributed by atoms with Crippen LogP contribution in [0.2, 0.25) is 0 Å². The Labute approximate surface area is 161 Å². The summed E-state index contributed by atoms with van der Waals surface area (Å²) in [4.78, 5) is 21.6. The molecule has 27 heavy (non-hydrogen) atoms. The molecule has 136 valence electrons. The van der Waals surface area contributed by atoms with Crippen LogP contribution in [0.25, 0.3) is 16.7 Å². The van der Waals surface area contributed by atoms with Crippen LogP contribution in [0.4, 0.5) is 0 Å². The van der Waals surface area contributed by atoms with Crippen LogP contribution in [0.1, 0.15) is 30.0 Å². The molecule has 6 heteroatoms. The predicted octanol–water partition coefficient (Wildman–Crippen LogP) is 5.01. The number of aromatic nitrogens is 1. The Balaban J connectivity index is 1.78. The Bertz CT molecular complexity index is 991. The number of hydrogen-bond donors (Lipinski definition) is 0. The lowest BCUT2D eigenvalue weighted by atomic mass is 10.1. The van der Waals surface area contributed by atoms with Crippen LogP contribution in [-0.2, 0) is 9.53 Å². The summed E-state index contributed by atoms with van der Waals surface area (Å²) in [6.45, 7) is 2.04. The minimum Gasteiger partial charge on any atom is -0.462 e. The van der Waals surface area contributed by atoms with E-state index in [1.807, 2.05) is 48.7 Å². The fraction of sp³-hybridized carbons (Fsp3) is 0.190. The third-order valence-electron chi connectivity index (χ3n) is 4.15. The third-order valence-corrected chi connectivity index (χ3v) is 5.44. The molecule has 0 radical (unpaired) electrons. The molecule has 0 saturated heterocycles. The number of oxazole rings is 1. The van der Waals surface area contributed by atoms with Crippen LogP contribution in [0.15, 0.2) is 69.0 Å². The van der Waals surface area contributed by atoms with E-state index in [1.165, 1.54) is 17.3 Å². The first kappa shape index (κ1) is 17.5. The van der Waals surface area contributed by atoms with Gasteiger partial charge in [0.15, 0.2) is 11.2 Å². The summed E-state index contributed by atoms with van der Waals surface area (Å²) in [7, 11) is 0. The Morgan fingerprint density at radius 2 is 1.96 bits per heavy atom. The second-order valence-electron chi connectivity index (χ2n) is 5.95. The molecule has 1 aliphatic heterocycles. The maximum atomic E-state index is 12.7. The van der Waals surface area contributed by atoms with Crippen LogP contribution in [0, 0.1) is 0 Å². The molecular formula is C21H18N2O3S. The number of para-hydroxylation sites is 2. The van der Waals surface area contributed by atoms with Gasteiger partial charge >= 0.3 is 5.97 Å². The summed E-state index contributed by atoms with van der Waals surface area (Å²) in [5, 5.41) is 0.743. The van der Waals surface area contributed by atoms with Crippen LogP contribution < -0.4 is 0 Å². The highest BCUT2D eigenvalue weighted by atomic mass is 32.2. The standard InChI is InChI=1S/C21H18N2O3S/c1-2-25-21(24)18(19-23-15-10-6-7-11-16(15)26-19)20-22-13-12-17(27-20)14-8-4-3-5-9-14/h3-11,13,17H,2,12H2,1H3/b20-18+/t17-/m0/s1. The molecule has 2 aromatic carbocycles. The molecule has 4 rings (SSSR count). The van der Waals surface area contributed by atoms with Crippen molar-refractivity contribution >= 4 is 40.6 Å². The molecule has 0 N–H and O–H groups in total. The van der Waals surface area contributed by atoms with Crippen molar-refractivity contribution in [3.8, 4) is 0 Å². The third kappa shape index (κ3) is 3.66. The van der Waals surface area contributed by atoms with Gasteiger partial charge < -0.3 is 9.15 Å².